The van der Waals surface area contributed by atoms with Gasteiger partial charge in [-0.25, -0.2) is 0 Å². The molecule has 17 atom stereocenters. The van der Waals surface area contributed by atoms with Gasteiger partial charge in [-0.1, -0.05) is 142 Å². The van der Waals surface area contributed by atoms with Crippen molar-refractivity contribution >= 4 is 5.91 Å². The summed E-state index contributed by atoms with van der Waals surface area (Å²) in [6.45, 7) is 1.64. The third kappa shape index (κ3) is 20.3. The Morgan fingerprint density at radius 3 is 1.40 bits per heavy atom. The molecule has 394 valence electrons. The number of amides is 1. The number of carbonyl (C=O) groups is 1. The summed E-state index contributed by atoms with van der Waals surface area (Å²) < 4.78 is 34.0. The van der Waals surface area contributed by atoms with E-state index in [0.717, 1.165) is 44.9 Å². The van der Waals surface area contributed by atoms with Gasteiger partial charge in [-0.15, -0.1) is 0 Å². The highest BCUT2D eigenvalue weighted by Gasteiger charge is 2.53. The average Bonchev–Trinajstić information content (AvgIpc) is 3.32. The van der Waals surface area contributed by atoms with Crippen LogP contribution in [0.3, 0.4) is 0 Å². The molecule has 67 heavy (non-hydrogen) atoms. The molecule has 1 amide bonds. The molecule has 19 nitrogen and oxygen atoms in total. The Labute approximate surface area is 397 Å². The van der Waals surface area contributed by atoms with E-state index in [9.17, 15) is 61.0 Å². The van der Waals surface area contributed by atoms with E-state index >= 15 is 0 Å². The number of hydrogen-bond donors (Lipinski definition) is 12. The lowest BCUT2D eigenvalue weighted by Crippen LogP contribution is -2.66. The number of carbonyl (C=O) groups excluding carboxylic acids is 1. The average molecular weight is 968 g/mol. The van der Waals surface area contributed by atoms with Gasteiger partial charge in [0, 0.05) is 6.42 Å². The lowest BCUT2D eigenvalue weighted by Gasteiger charge is -2.48. The minimum atomic E-state index is -1.97. The summed E-state index contributed by atoms with van der Waals surface area (Å²) in [6.07, 6.45) is 0.901. The summed E-state index contributed by atoms with van der Waals surface area (Å²) in [5.74, 6) is -0.279. The van der Waals surface area contributed by atoms with Gasteiger partial charge in [-0.05, 0) is 19.3 Å². The Kier molecular flexibility index (Phi) is 30.4. The molecule has 0 aromatic heterocycles. The molecule has 3 aliphatic heterocycles. The smallest absolute Gasteiger partial charge is 0.220 e. The predicted molar refractivity (Wildman–Crippen MR) is 245 cm³/mol. The topological polar surface area (TPSA) is 307 Å². The Balaban J connectivity index is 1.56. The maximum Gasteiger partial charge on any atom is 0.220 e. The highest BCUT2D eigenvalue weighted by Crippen LogP contribution is 2.33. The van der Waals surface area contributed by atoms with E-state index < -0.39 is 124 Å². The van der Waals surface area contributed by atoms with Crippen LogP contribution in [0.5, 0.6) is 0 Å². The first-order valence-corrected chi connectivity index (χ1v) is 25.4. The molecule has 19 heteroatoms. The molecule has 0 aliphatic carbocycles. The third-order valence-electron chi connectivity index (χ3n) is 13.1. The molecule has 3 heterocycles. The van der Waals surface area contributed by atoms with Crippen LogP contribution in [-0.4, -0.2) is 193 Å². The standard InChI is InChI=1S/C48H89NO18/c1-3-5-7-9-11-13-14-15-16-18-20-22-24-26-36(54)49-31(32(53)25-23-21-19-17-12-10-8-6-4-2)30-62-46-42(60)39(57)44(34(28-51)64-46)67-48-43(61)40(58)45(35(29-52)65-48)66-47-41(59)38(56)37(55)33(27-50)63-47/h23,25,31-35,37-48,50-53,55-61H,3-22,24,26-30H2,1-2H3,(H,49,54)/b25-23+. The van der Waals surface area contributed by atoms with Crippen LogP contribution in [0.15, 0.2) is 12.2 Å². The monoisotopic (exact) mass is 968 g/mol. The molecule has 0 radical (unpaired) electrons. The number of aliphatic hydroxyl groups is 11. The van der Waals surface area contributed by atoms with E-state index in [0.29, 0.717) is 6.42 Å². The number of nitrogens with one attached hydrogen (secondary N) is 1. The fraction of sp³-hybridized carbons (Fsp3) is 0.938. The molecule has 3 fully saturated rings. The second kappa shape index (κ2) is 34.0. The van der Waals surface area contributed by atoms with Gasteiger partial charge in [0.2, 0.25) is 5.91 Å². The van der Waals surface area contributed by atoms with Crippen LogP contribution in [0.25, 0.3) is 0 Å². The maximum atomic E-state index is 13.2. The zero-order valence-corrected chi connectivity index (χ0v) is 40.1. The maximum absolute atomic E-state index is 13.2. The summed E-state index contributed by atoms with van der Waals surface area (Å²) in [7, 11) is 0. The Bertz CT molecular complexity index is 1300. The molecular formula is C48H89NO18. The van der Waals surface area contributed by atoms with Crippen molar-refractivity contribution < 1.29 is 89.4 Å². The van der Waals surface area contributed by atoms with E-state index in [-0.39, 0.29) is 18.9 Å². The van der Waals surface area contributed by atoms with Gasteiger partial charge in [-0.3, -0.25) is 4.79 Å². The van der Waals surface area contributed by atoms with Gasteiger partial charge in [0.1, 0.15) is 73.2 Å². The van der Waals surface area contributed by atoms with Gasteiger partial charge in [0.15, 0.2) is 18.9 Å². The van der Waals surface area contributed by atoms with Crippen LogP contribution in [0.1, 0.15) is 155 Å². The normalized spacial score (nSPS) is 33.5. The van der Waals surface area contributed by atoms with E-state index in [4.69, 9.17) is 28.4 Å². The van der Waals surface area contributed by atoms with E-state index in [1.54, 1.807) is 6.08 Å². The number of rotatable bonds is 35. The van der Waals surface area contributed by atoms with Gasteiger partial charge < -0.3 is 89.9 Å². The molecule has 3 rings (SSSR count). The van der Waals surface area contributed by atoms with E-state index in [1.165, 1.54) is 83.5 Å². The molecule has 0 spiro atoms. The number of allylic oxidation sites excluding steroid dienone is 1. The van der Waals surface area contributed by atoms with Crippen LogP contribution < -0.4 is 5.32 Å². The van der Waals surface area contributed by atoms with Crippen LogP contribution in [0.4, 0.5) is 0 Å². The second-order valence-electron chi connectivity index (χ2n) is 18.6. The number of unbranched alkanes of at least 4 members (excludes halogenated alkanes) is 19. The number of aliphatic hydroxyl groups excluding tert-OH is 11. The molecule has 0 saturated carbocycles. The molecule has 3 aliphatic rings. The first-order valence-electron chi connectivity index (χ1n) is 25.4. The van der Waals surface area contributed by atoms with Crippen molar-refractivity contribution in [2.75, 3.05) is 26.4 Å². The van der Waals surface area contributed by atoms with Crippen molar-refractivity contribution in [2.45, 2.75) is 259 Å². The summed E-state index contributed by atoms with van der Waals surface area (Å²) in [4.78, 5) is 13.2. The lowest BCUT2D eigenvalue weighted by molar-refractivity contribution is -0.379. The molecule has 0 aromatic rings. The minimum Gasteiger partial charge on any atom is -0.394 e. The lowest BCUT2D eigenvalue weighted by atomic mass is 9.96. The van der Waals surface area contributed by atoms with Crippen molar-refractivity contribution in [1.82, 2.24) is 5.32 Å². The summed E-state index contributed by atoms with van der Waals surface area (Å²) in [5.41, 5.74) is 0. The molecule has 0 aromatic carbocycles. The largest absolute Gasteiger partial charge is 0.394 e. The first kappa shape index (κ1) is 59.8. The van der Waals surface area contributed by atoms with Crippen molar-refractivity contribution in [1.29, 1.82) is 0 Å². The van der Waals surface area contributed by atoms with Crippen LogP contribution in [0.2, 0.25) is 0 Å². The van der Waals surface area contributed by atoms with Gasteiger partial charge >= 0.3 is 0 Å². The van der Waals surface area contributed by atoms with E-state index in [1.807, 2.05) is 6.08 Å². The van der Waals surface area contributed by atoms with Gasteiger partial charge in [0.25, 0.3) is 0 Å². The number of hydrogen-bond acceptors (Lipinski definition) is 18. The summed E-state index contributed by atoms with van der Waals surface area (Å²) >= 11 is 0. The fourth-order valence-corrected chi connectivity index (χ4v) is 8.78. The van der Waals surface area contributed by atoms with Crippen LogP contribution >= 0.6 is 0 Å². The Morgan fingerprint density at radius 1 is 0.522 bits per heavy atom. The summed E-state index contributed by atoms with van der Waals surface area (Å²) in [6, 6.07) is -0.963. The quantitative estimate of drug-likeness (QED) is 0.0316. The zero-order chi connectivity index (χ0) is 49.1. The minimum absolute atomic E-state index is 0.247. The van der Waals surface area contributed by atoms with Gasteiger partial charge in [-0.2, -0.15) is 0 Å². The van der Waals surface area contributed by atoms with Gasteiger partial charge in [0.05, 0.1) is 38.6 Å². The highest BCUT2D eigenvalue weighted by atomic mass is 16.8. The number of ether oxygens (including phenoxy) is 6. The Morgan fingerprint density at radius 2 is 0.925 bits per heavy atom. The Hall–Kier alpha value is -1.47. The molecular weight excluding hydrogens is 879 g/mol. The van der Waals surface area contributed by atoms with Crippen molar-refractivity contribution in [3.63, 3.8) is 0 Å². The second-order valence-corrected chi connectivity index (χ2v) is 18.6. The van der Waals surface area contributed by atoms with E-state index in [2.05, 4.69) is 19.2 Å². The molecule has 0 bridgehead atoms. The van der Waals surface area contributed by atoms with Crippen molar-refractivity contribution in [3.05, 3.63) is 12.2 Å². The first-order chi connectivity index (χ1) is 32.3. The highest BCUT2D eigenvalue weighted by molar-refractivity contribution is 5.76. The van der Waals surface area contributed by atoms with Crippen LogP contribution in [0, 0.1) is 0 Å². The summed E-state index contributed by atoms with van der Waals surface area (Å²) in [5, 5.41) is 119. The SMILES string of the molecule is CCCCCCCCC/C=C/C(O)C(COC1OC(CO)C(OC2OC(CO)C(OC3OC(CO)C(O)C(O)C3O)C(O)C2O)C(O)C1O)NC(=O)CCCCCCCCCCCCCCC. The third-order valence-corrected chi connectivity index (χ3v) is 13.1. The van der Waals surface area contributed by atoms with Crippen molar-refractivity contribution in [3.8, 4) is 0 Å². The predicted octanol–water partition coefficient (Wildman–Crippen LogP) is 1.48. The molecule has 17 unspecified atom stereocenters. The molecule has 12 N–H and O–H groups in total. The zero-order valence-electron chi connectivity index (χ0n) is 40.1. The van der Waals surface area contributed by atoms with Crippen LogP contribution in [-0.2, 0) is 33.2 Å². The fourth-order valence-electron chi connectivity index (χ4n) is 8.78. The van der Waals surface area contributed by atoms with Crippen molar-refractivity contribution in [2.24, 2.45) is 0 Å². The molecule has 3 saturated heterocycles.